The number of ether oxygens (including phenoxy) is 1. The van der Waals surface area contributed by atoms with Crippen LogP contribution < -0.4 is 0 Å². The number of aryl methyl sites for hydroxylation is 1. The Bertz CT molecular complexity index is 618. The molecule has 1 aliphatic heterocycles. The van der Waals surface area contributed by atoms with E-state index >= 15 is 0 Å². The lowest BCUT2D eigenvalue weighted by atomic mass is 10.1. The van der Waals surface area contributed by atoms with E-state index in [0.29, 0.717) is 0 Å². The van der Waals surface area contributed by atoms with Crippen LogP contribution in [0, 0.1) is 0 Å². The Morgan fingerprint density at radius 2 is 2.10 bits per heavy atom. The third kappa shape index (κ3) is 2.74. The van der Waals surface area contributed by atoms with Crippen molar-refractivity contribution in [3.8, 4) is 0 Å². The summed E-state index contributed by atoms with van der Waals surface area (Å²) in [6.07, 6.45) is 6.54. The van der Waals surface area contributed by atoms with Crippen LogP contribution in [-0.4, -0.2) is 33.4 Å². The van der Waals surface area contributed by atoms with Crippen molar-refractivity contribution in [1.82, 2.24) is 14.7 Å². The highest BCUT2D eigenvalue weighted by Gasteiger charge is 2.50. The van der Waals surface area contributed by atoms with Crippen molar-refractivity contribution in [2.45, 2.75) is 31.1 Å². The average molecular weight is 283 g/mol. The molecule has 2 aromatic rings. The van der Waals surface area contributed by atoms with Gasteiger partial charge in [-0.2, -0.15) is 5.10 Å². The number of aromatic nitrogens is 2. The SMILES string of the molecule is Cn1cc(C2CN(Cc3ccccc3)CC3(CC3)O2)cn1. The maximum atomic E-state index is 6.36. The fourth-order valence-electron chi connectivity index (χ4n) is 3.24. The normalized spacial score (nSPS) is 24.3. The van der Waals surface area contributed by atoms with Crippen LogP contribution in [0.1, 0.15) is 30.1 Å². The first-order chi connectivity index (χ1) is 10.2. The van der Waals surface area contributed by atoms with E-state index in [1.807, 2.05) is 17.9 Å². The first-order valence-corrected chi connectivity index (χ1v) is 7.65. The van der Waals surface area contributed by atoms with Crippen molar-refractivity contribution < 1.29 is 4.74 Å². The topological polar surface area (TPSA) is 30.3 Å². The smallest absolute Gasteiger partial charge is 0.0990 e. The van der Waals surface area contributed by atoms with E-state index in [1.54, 1.807) is 0 Å². The van der Waals surface area contributed by atoms with Crippen molar-refractivity contribution in [3.63, 3.8) is 0 Å². The van der Waals surface area contributed by atoms with E-state index in [4.69, 9.17) is 4.74 Å². The summed E-state index contributed by atoms with van der Waals surface area (Å²) < 4.78 is 8.21. The molecular weight excluding hydrogens is 262 g/mol. The molecule has 0 bridgehead atoms. The van der Waals surface area contributed by atoms with Gasteiger partial charge in [0.2, 0.25) is 0 Å². The van der Waals surface area contributed by atoms with Crippen molar-refractivity contribution in [3.05, 3.63) is 53.9 Å². The highest BCUT2D eigenvalue weighted by molar-refractivity contribution is 5.17. The molecule has 1 unspecified atom stereocenters. The summed E-state index contributed by atoms with van der Waals surface area (Å²) in [5.41, 5.74) is 2.68. The number of nitrogens with zero attached hydrogens (tertiary/aromatic N) is 3. The molecule has 1 aromatic heterocycles. The van der Waals surface area contributed by atoms with Gasteiger partial charge in [0.15, 0.2) is 0 Å². The van der Waals surface area contributed by atoms with E-state index in [2.05, 4.69) is 46.5 Å². The van der Waals surface area contributed by atoms with Crippen LogP contribution in [0.4, 0.5) is 0 Å². The first kappa shape index (κ1) is 13.0. The van der Waals surface area contributed by atoms with Gasteiger partial charge >= 0.3 is 0 Å². The summed E-state index contributed by atoms with van der Waals surface area (Å²) in [7, 11) is 1.96. The monoisotopic (exact) mass is 283 g/mol. The third-order valence-electron chi connectivity index (χ3n) is 4.48. The summed E-state index contributed by atoms with van der Waals surface area (Å²) in [6, 6.07) is 10.7. The molecule has 2 fully saturated rings. The second-order valence-corrected chi connectivity index (χ2v) is 6.39. The van der Waals surface area contributed by atoms with Crippen LogP contribution in [0.2, 0.25) is 0 Å². The molecule has 0 N–H and O–H groups in total. The van der Waals surface area contributed by atoms with Gasteiger partial charge in [0, 0.05) is 38.4 Å². The lowest BCUT2D eigenvalue weighted by molar-refractivity contribution is -0.106. The first-order valence-electron chi connectivity index (χ1n) is 7.65. The molecule has 21 heavy (non-hydrogen) atoms. The lowest BCUT2D eigenvalue weighted by Crippen LogP contribution is -2.44. The van der Waals surface area contributed by atoms with Gasteiger partial charge in [-0.3, -0.25) is 9.58 Å². The zero-order valence-electron chi connectivity index (χ0n) is 12.4. The van der Waals surface area contributed by atoms with E-state index < -0.39 is 0 Å². The quantitative estimate of drug-likeness (QED) is 0.867. The van der Waals surface area contributed by atoms with Crippen molar-refractivity contribution in [2.75, 3.05) is 13.1 Å². The minimum absolute atomic E-state index is 0.105. The van der Waals surface area contributed by atoms with E-state index in [0.717, 1.165) is 19.6 Å². The maximum absolute atomic E-state index is 6.36. The molecule has 4 heteroatoms. The van der Waals surface area contributed by atoms with E-state index in [-0.39, 0.29) is 11.7 Å². The predicted molar refractivity (Wildman–Crippen MR) is 80.7 cm³/mol. The van der Waals surface area contributed by atoms with Gasteiger partial charge in [0.1, 0.15) is 0 Å². The maximum Gasteiger partial charge on any atom is 0.0990 e. The number of benzene rings is 1. The molecular formula is C17H21N3O. The van der Waals surface area contributed by atoms with E-state index in [9.17, 15) is 0 Å². The highest BCUT2D eigenvalue weighted by Crippen LogP contribution is 2.47. The molecule has 1 saturated heterocycles. The summed E-state index contributed by atoms with van der Waals surface area (Å²) in [6.45, 7) is 3.00. The average Bonchev–Trinajstić information content (AvgIpc) is 3.06. The van der Waals surface area contributed by atoms with Crippen LogP contribution in [-0.2, 0) is 18.3 Å². The fraction of sp³-hybridized carbons (Fsp3) is 0.471. The number of hydrogen-bond donors (Lipinski definition) is 0. The Kier molecular flexibility index (Phi) is 3.08. The highest BCUT2D eigenvalue weighted by atomic mass is 16.5. The van der Waals surface area contributed by atoms with Crippen LogP contribution in [0.15, 0.2) is 42.7 Å². The largest absolute Gasteiger partial charge is 0.364 e. The van der Waals surface area contributed by atoms with Gasteiger partial charge < -0.3 is 4.74 Å². The Morgan fingerprint density at radius 1 is 1.29 bits per heavy atom. The second-order valence-electron chi connectivity index (χ2n) is 6.39. The molecule has 1 atom stereocenters. The van der Waals surface area contributed by atoms with E-state index in [1.165, 1.54) is 24.0 Å². The van der Waals surface area contributed by atoms with Crippen molar-refractivity contribution in [1.29, 1.82) is 0 Å². The Labute approximate surface area is 125 Å². The summed E-state index contributed by atoms with van der Waals surface area (Å²) >= 11 is 0. The second kappa shape index (κ2) is 4.97. The summed E-state index contributed by atoms with van der Waals surface area (Å²) in [5, 5.41) is 4.29. The van der Waals surface area contributed by atoms with Gasteiger partial charge in [-0.05, 0) is 18.4 Å². The van der Waals surface area contributed by atoms with Gasteiger partial charge in [-0.1, -0.05) is 30.3 Å². The molecule has 4 rings (SSSR count). The molecule has 1 aliphatic carbocycles. The zero-order valence-corrected chi connectivity index (χ0v) is 12.4. The molecule has 1 spiro atoms. The standard InChI is InChI=1S/C17H21N3O/c1-19-11-15(9-18-19)16-12-20(13-17(21-16)7-8-17)10-14-5-3-2-4-6-14/h2-6,9,11,16H,7-8,10,12-13H2,1H3. The van der Waals surface area contributed by atoms with Gasteiger partial charge in [-0.15, -0.1) is 0 Å². The minimum atomic E-state index is 0.105. The van der Waals surface area contributed by atoms with Crippen LogP contribution in [0.5, 0.6) is 0 Å². The van der Waals surface area contributed by atoms with Crippen molar-refractivity contribution in [2.24, 2.45) is 7.05 Å². The molecule has 4 nitrogen and oxygen atoms in total. The van der Waals surface area contributed by atoms with Gasteiger partial charge in [0.05, 0.1) is 17.9 Å². The summed E-state index contributed by atoms with van der Waals surface area (Å²) in [5.74, 6) is 0. The van der Waals surface area contributed by atoms with Crippen molar-refractivity contribution >= 4 is 0 Å². The molecule has 2 heterocycles. The molecule has 0 radical (unpaired) electrons. The molecule has 1 saturated carbocycles. The lowest BCUT2D eigenvalue weighted by Gasteiger charge is -2.38. The number of hydrogen-bond acceptors (Lipinski definition) is 3. The zero-order chi connectivity index (χ0) is 14.3. The van der Waals surface area contributed by atoms with Crippen LogP contribution >= 0.6 is 0 Å². The third-order valence-corrected chi connectivity index (χ3v) is 4.48. The number of rotatable bonds is 3. The Hall–Kier alpha value is -1.65. The van der Waals surface area contributed by atoms with Gasteiger partial charge in [0.25, 0.3) is 0 Å². The molecule has 0 amide bonds. The molecule has 2 aliphatic rings. The fourth-order valence-corrected chi connectivity index (χ4v) is 3.24. The Balaban J connectivity index is 1.52. The van der Waals surface area contributed by atoms with Gasteiger partial charge in [-0.25, -0.2) is 0 Å². The summed E-state index contributed by atoms with van der Waals surface area (Å²) in [4.78, 5) is 2.53. The number of morpholine rings is 1. The van der Waals surface area contributed by atoms with Crippen LogP contribution in [0.25, 0.3) is 0 Å². The molecule has 110 valence electrons. The minimum Gasteiger partial charge on any atom is -0.364 e. The molecule has 1 aromatic carbocycles. The predicted octanol–water partition coefficient (Wildman–Crippen LogP) is 2.53. The van der Waals surface area contributed by atoms with Crippen LogP contribution in [0.3, 0.4) is 0 Å². The Morgan fingerprint density at radius 3 is 2.76 bits per heavy atom.